The third-order valence-electron chi connectivity index (χ3n) is 12.8. The zero-order valence-corrected chi connectivity index (χ0v) is 27.5. The molecule has 3 atom stereocenters. The van der Waals surface area contributed by atoms with Gasteiger partial charge in [-0.2, -0.15) is 13.2 Å². The molecule has 5 saturated carbocycles. The van der Waals surface area contributed by atoms with E-state index in [9.17, 15) is 18.0 Å². The minimum Gasteiger partial charge on any atom is -0.349 e. The van der Waals surface area contributed by atoms with Crippen molar-refractivity contribution in [2.24, 2.45) is 29.6 Å². The Morgan fingerprint density at radius 2 is 1.31 bits per heavy atom. The molecular formula is C41H45F3N2O2. The first-order chi connectivity index (χ1) is 23.1. The smallest absolute Gasteiger partial charge is 0.349 e. The van der Waals surface area contributed by atoms with E-state index in [1.165, 1.54) is 42.5 Å². The van der Waals surface area contributed by atoms with Crippen LogP contribution in [0.2, 0.25) is 0 Å². The van der Waals surface area contributed by atoms with Gasteiger partial charge in [0.2, 0.25) is 11.8 Å². The number of benzene rings is 3. The maximum atomic E-state index is 15.2. The van der Waals surface area contributed by atoms with E-state index in [0.29, 0.717) is 42.1 Å². The van der Waals surface area contributed by atoms with Crippen molar-refractivity contribution in [2.45, 2.75) is 101 Å². The molecule has 5 fully saturated rings. The Labute approximate surface area is 281 Å². The summed E-state index contributed by atoms with van der Waals surface area (Å²) in [6, 6.07) is 23.3. The van der Waals surface area contributed by atoms with Crippen molar-refractivity contribution < 1.29 is 22.8 Å². The number of hydrogen-bond donors (Lipinski definition) is 1. The van der Waals surface area contributed by atoms with Gasteiger partial charge in [-0.25, -0.2) is 0 Å². The molecule has 6 aliphatic carbocycles. The molecule has 0 aliphatic heterocycles. The lowest BCUT2D eigenvalue weighted by Crippen LogP contribution is -2.69. The van der Waals surface area contributed by atoms with E-state index >= 15 is 4.79 Å². The number of hydrogen-bond acceptors (Lipinski definition) is 2. The van der Waals surface area contributed by atoms with Crippen LogP contribution in [-0.2, 0) is 41.6 Å². The van der Waals surface area contributed by atoms with Crippen molar-refractivity contribution in [3.63, 3.8) is 0 Å². The zero-order valence-electron chi connectivity index (χ0n) is 27.5. The Kier molecular flexibility index (Phi) is 7.95. The van der Waals surface area contributed by atoms with Crippen LogP contribution in [-0.4, -0.2) is 27.8 Å². The summed E-state index contributed by atoms with van der Waals surface area (Å²) in [5.74, 6) is 2.42. The number of carbonyl (C=O) groups is 2. The number of carbonyl (C=O) groups excluding carboxylic acids is 2. The quantitative estimate of drug-likeness (QED) is 0.279. The molecule has 0 spiro atoms. The molecule has 4 bridgehead atoms. The summed E-state index contributed by atoms with van der Waals surface area (Å²) in [7, 11) is 0. The lowest BCUT2D eigenvalue weighted by atomic mass is 9.52. The summed E-state index contributed by atoms with van der Waals surface area (Å²) in [5.41, 5.74) is 2.12. The number of nitrogens with one attached hydrogen (secondary N) is 1. The normalized spacial score (nSPS) is 31.9. The fourth-order valence-electron chi connectivity index (χ4n) is 10.9. The van der Waals surface area contributed by atoms with Crippen molar-refractivity contribution in [1.29, 1.82) is 0 Å². The molecule has 4 nitrogen and oxygen atoms in total. The highest BCUT2D eigenvalue weighted by atomic mass is 19.4. The van der Waals surface area contributed by atoms with Crippen molar-refractivity contribution >= 4 is 11.8 Å². The first-order valence-corrected chi connectivity index (χ1v) is 18.0. The van der Waals surface area contributed by atoms with Crippen LogP contribution in [0.25, 0.3) is 0 Å². The summed E-state index contributed by atoms with van der Waals surface area (Å²) in [5, 5.41) is 3.68. The van der Waals surface area contributed by atoms with E-state index in [1.54, 1.807) is 4.90 Å². The molecule has 48 heavy (non-hydrogen) atoms. The van der Waals surface area contributed by atoms with Gasteiger partial charge in [0.15, 0.2) is 0 Å². The van der Waals surface area contributed by atoms with Crippen LogP contribution in [0.4, 0.5) is 13.2 Å². The van der Waals surface area contributed by atoms with Gasteiger partial charge >= 0.3 is 6.18 Å². The van der Waals surface area contributed by atoms with Crippen LogP contribution in [0.3, 0.4) is 0 Å². The molecule has 0 radical (unpaired) electrons. The first kappa shape index (κ1) is 31.6. The molecule has 0 saturated heterocycles. The van der Waals surface area contributed by atoms with Crippen LogP contribution in [0.1, 0.15) is 85.6 Å². The minimum absolute atomic E-state index is 0.0462. The summed E-state index contributed by atoms with van der Waals surface area (Å²) in [4.78, 5) is 31.7. The standard InChI is InChI=1S/C41H45F3N2O2/c42-41(43,44)36-12-10-28(11-13-36)26-46(37(47)19-27-6-2-1-3-7-27)40(15-14-34-20-32-8-4-5-9-33(32)21-35(34)25-40)38(48)45-39-22-29-16-30(23-39)18-31(17-29)24-39/h1-13,29-31,34-35H,14-26H2,(H,45,48)/t29?,30?,31?,34-,35+,39?,40+/m0/s1. The largest absolute Gasteiger partial charge is 0.416 e. The van der Waals surface area contributed by atoms with Crippen LogP contribution in [0.15, 0.2) is 78.9 Å². The van der Waals surface area contributed by atoms with Crippen molar-refractivity contribution in [1.82, 2.24) is 10.2 Å². The number of nitrogens with zero attached hydrogens (tertiary/aromatic N) is 1. The molecule has 0 heterocycles. The highest BCUT2D eigenvalue weighted by Crippen LogP contribution is 2.56. The van der Waals surface area contributed by atoms with Gasteiger partial charge in [-0.3, -0.25) is 9.59 Å². The van der Waals surface area contributed by atoms with Gasteiger partial charge in [0.1, 0.15) is 5.54 Å². The Bertz CT molecular complexity index is 1630. The topological polar surface area (TPSA) is 49.4 Å². The molecule has 7 heteroatoms. The second-order valence-corrected chi connectivity index (χ2v) is 16.0. The van der Waals surface area contributed by atoms with Crippen LogP contribution < -0.4 is 5.32 Å². The molecule has 252 valence electrons. The van der Waals surface area contributed by atoms with Gasteiger partial charge in [-0.1, -0.05) is 66.7 Å². The molecule has 0 aromatic heterocycles. The second kappa shape index (κ2) is 12.1. The van der Waals surface area contributed by atoms with Gasteiger partial charge in [0, 0.05) is 12.1 Å². The molecule has 3 aromatic rings. The third-order valence-corrected chi connectivity index (χ3v) is 12.8. The highest BCUT2D eigenvalue weighted by Gasteiger charge is 2.57. The molecule has 3 aromatic carbocycles. The predicted octanol–water partition coefficient (Wildman–Crippen LogP) is 8.32. The number of alkyl halides is 3. The third kappa shape index (κ3) is 5.96. The fraction of sp³-hybridized carbons (Fsp3) is 0.512. The van der Waals surface area contributed by atoms with E-state index in [0.717, 1.165) is 56.2 Å². The number of amides is 2. The average Bonchev–Trinajstić information content (AvgIpc) is 3.05. The van der Waals surface area contributed by atoms with E-state index < -0.39 is 17.3 Å². The average molecular weight is 655 g/mol. The van der Waals surface area contributed by atoms with Crippen LogP contribution >= 0.6 is 0 Å². The molecule has 9 rings (SSSR count). The molecule has 6 aliphatic rings. The van der Waals surface area contributed by atoms with Crippen LogP contribution in [0, 0.1) is 29.6 Å². The first-order valence-electron chi connectivity index (χ1n) is 18.0. The van der Waals surface area contributed by atoms with E-state index in [-0.39, 0.29) is 36.2 Å². The maximum absolute atomic E-state index is 15.2. The summed E-state index contributed by atoms with van der Waals surface area (Å²) >= 11 is 0. The zero-order chi connectivity index (χ0) is 33.1. The lowest BCUT2D eigenvalue weighted by Gasteiger charge is -2.58. The van der Waals surface area contributed by atoms with Crippen LogP contribution in [0.5, 0.6) is 0 Å². The predicted molar refractivity (Wildman–Crippen MR) is 179 cm³/mol. The van der Waals surface area contributed by atoms with Gasteiger partial charge in [0.05, 0.1) is 12.0 Å². The fourth-order valence-corrected chi connectivity index (χ4v) is 10.9. The van der Waals surface area contributed by atoms with Crippen molar-refractivity contribution in [3.8, 4) is 0 Å². The van der Waals surface area contributed by atoms with Gasteiger partial charge in [-0.05, 0) is 135 Å². The number of halogens is 3. The summed E-state index contributed by atoms with van der Waals surface area (Å²) in [6.45, 7) is 0.0894. The number of rotatable bonds is 7. The monoisotopic (exact) mass is 654 g/mol. The molecule has 1 N–H and O–H groups in total. The van der Waals surface area contributed by atoms with Crippen molar-refractivity contribution in [3.05, 3.63) is 107 Å². The Hall–Kier alpha value is -3.61. The summed E-state index contributed by atoms with van der Waals surface area (Å²) in [6.07, 6.45) is 6.29. The van der Waals surface area contributed by atoms with Gasteiger partial charge in [0.25, 0.3) is 0 Å². The van der Waals surface area contributed by atoms with E-state index in [4.69, 9.17) is 0 Å². The Morgan fingerprint density at radius 1 is 0.729 bits per heavy atom. The summed E-state index contributed by atoms with van der Waals surface area (Å²) < 4.78 is 40.5. The SMILES string of the molecule is O=C(Cc1ccccc1)N(Cc1ccc(C(F)(F)F)cc1)[C@]1(C(=O)NC23CC4CC(CC(C4)C2)C3)CC[C@H]2Cc3ccccc3C[C@@H]2C1. The second-order valence-electron chi connectivity index (χ2n) is 16.0. The molecule has 0 unspecified atom stereocenters. The molecular weight excluding hydrogens is 609 g/mol. The number of fused-ring (bicyclic) bond motifs is 2. The Morgan fingerprint density at radius 3 is 1.92 bits per heavy atom. The maximum Gasteiger partial charge on any atom is 0.416 e. The molecule has 2 amide bonds. The van der Waals surface area contributed by atoms with E-state index in [1.807, 2.05) is 30.3 Å². The van der Waals surface area contributed by atoms with Gasteiger partial charge < -0.3 is 10.2 Å². The van der Waals surface area contributed by atoms with Gasteiger partial charge in [-0.15, -0.1) is 0 Å². The van der Waals surface area contributed by atoms with Crippen molar-refractivity contribution in [2.75, 3.05) is 0 Å². The van der Waals surface area contributed by atoms with E-state index in [2.05, 4.69) is 29.6 Å². The highest BCUT2D eigenvalue weighted by molar-refractivity contribution is 5.93. The lowest BCUT2D eigenvalue weighted by molar-refractivity contribution is -0.157. The Balaban J connectivity index is 1.18. The minimum atomic E-state index is -4.45.